The standard InChI is InChI=1S/C23H27N5OS/c1-15(21(29)27-14-13-16-7-5-6-8-19(16)27)30-22-26-25-20(28(22)24)17-9-11-18(12-10-17)23(2,3)4/h5-12,15H,13-14,24H2,1-4H3. The molecule has 2 heterocycles. The van der Waals surface area contributed by atoms with Gasteiger partial charge in [-0.1, -0.05) is 75.0 Å². The van der Waals surface area contributed by atoms with Crippen LogP contribution in [0.4, 0.5) is 5.69 Å². The molecular weight excluding hydrogens is 394 g/mol. The van der Waals surface area contributed by atoms with Gasteiger partial charge in [0.1, 0.15) is 0 Å². The highest BCUT2D eigenvalue weighted by molar-refractivity contribution is 8.00. The second-order valence-corrected chi connectivity index (χ2v) is 9.94. The number of nitrogen functional groups attached to an aromatic ring is 1. The third-order valence-corrected chi connectivity index (χ3v) is 6.50. The molecule has 0 spiro atoms. The maximum Gasteiger partial charge on any atom is 0.240 e. The summed E-state index contributed by atoms with van der Waals surface area (Å²) in [6, 6.07) is 16.3. The lowest BCUT2D eigenvalue weighted by molar-refractivity contribution is -0.117. The number of amides is 1. The maximum absolute atomic E-state index is 13.0. The topological polar surface area (TPSA) is 77.0 Å². The molecule has 6 nitrogen and oxygen atoms in total. The second kappa shape index (κ2) is 7.80. The van der Waals surface area contributed by atoms with Crippen LogP contribution in [-0.2, 0) is 16.6 Å². The van der Waals surface area contributed by atoms with Crippen molar-refractivity contribution < 1.29 is 4.79 Å². The lowest BCUT2D eigenvalue weighted by Gasteiger charge is -2.21. The molecule has 7 heteroatoms. The van der Waals surface area contributed by atoms with Gasteiger partial charge < -0.3 is 10.7 Å². The van der Waals surface area contributed by atoms with Crippen molar-refractivity contribution in [3.05, 3.63) is 59.7 Å². The van der Waals surface area contributed by atoms with Crippen molar-refractivity contribution in [3.8, 4) is 11.4 Å². The van der Waals surface area contributed by atoms with E-state index in [1.807, 2.05) is 42.2 Å². The molecule has 2 N–H and O–H groups in total. The summed E-state index contributed by atoms with van der Waals surface area (Å²) in [5.74, 6) is 6.93. The first-order chi connectivity index (χ1) is 14.3. The lowest BCUT2D eigenvalue weighted by atomic mass is 9.87. The predicted molar refractivity (Wildman–Crippen MR) is 122 cm³/mol. The first kappa shape index (κ1) is 20.5. The first-order valence-corrected chi connectivity index (χ1v) is 11.0. The van der Waals surface area contributed by atoms with E-state index in [1.54, 1.807) is 0 Å². The van der Waals surface area contributed by atoms with Crippen LogP contribution in [0, 0.1) is 0 Å². The number of thioether (sulfide) groups is 1. The van der Waals surface area contributed by atoms with Crippen LogP contribution in [0.15, 0.2) is 53.7 Å². The number of benzene rings is 2. The molecule has 1 unspecified atom stereocenters. The summed E-state index contributed by atoms with van der Waals surface area (Å²) in [5, 5.41) is 8.71. The number of rotatable bonds is 4. The molecule has 1 aromatic heterocycles. The number of carbonyl (C=O) groups is 1. The summed E-state index contributed by atoms with van der Waals surface area (Å²) < 4.78 is 1.47. The molecule has 1 atom stereocenters. The van der Waals surface area contributed by atoms with E-state index < -0.39 is 0 Å². The van der Waals surface area contributed by atoms with E-state index in [9.17, 15) is 4.79 Å². The van der Waals surface area contributed by atoms with Gasteiger partial charge in [-0.05, 0) is 36.0 Å². The van der Waals surface area contributed by atoms with Gasteiger partial charge in [0.25, 0.3) is 0 Å². The fourth-order valence-electron chi connectivity index (χ4n) is 3.67. The van der Waals surface area contributed by atoms with Crippen LogP contribution in [0.25, 0.3) is 11.4 Å². The Morgan fingerprint density at radius 3 is 2.50 bits per heavy atom. The number of nitrogens with zero attached hydrogens (tertiary/aromatic N) is 4. The summed E-state index contributed by atoms with van der Waals surface area (Å²) in [6.07, 6.45) is 0.890. The van der Waals surface area contributed by atoms with Gasteiger partial charge in [-0.3, -0.25) is 4.79 Å². The molecular formula is C23H27N5OS. The van der Waals surface area contributed by atoms with Gasteiger partial charge in [0, 0.05) is 17.8 Å². The van der Waals surface area contributed by atoms with Crippen LogP contribution in [-0.4, -0.2) is 32.6 Å². The van der Waals surface area contributed by atoms with Gasteiger partial charge in [-0.15, -0.1) is 10.2 Å². The second-order valence-electron chi connectivity index (χ2n) is 8.63. The molecule has 0 saturated heterocycles. The quantitative estimate of drug-likeness (QED) is 0.508. The van der Waals surface area contributed by atoms with Crippen molar-refractivity contribution in [2.24, 2.45) is 0 Å². The number of nitrogens with two attached hydrogens (primary N) is 1. The number of anilines is 1. The van der Waals surface area contributed by atoms with Crippen molar-refractivity contribution in [1.82, 2.24) is 14.9 Å². The lowest BCUT2D eigenvalue weighted by Crippen LogP contribution is -2.35. The predicted octanol–water partition coefficient (Wildman–Crippen LogP) is 4.03. The third-order valence-electron chi connectivity index (χ3n) is 5.46. The van der Waals surface area contributed by atoms with E-state index in [4.69, 9.17) is 5.84 Å². The van der Waals surface area contributed by atoms with Crippen LogP contribution < -0.4 is 10.7 Å². The van der Waals surface area contributed by atoms with Crippen LogP contribution in [0.5, 0.6) is 0 Å². The van der Waals surface area contributed by atoms with Gasteiger partial charge in [-0.2, -0.15) is 0 Å². The monoisotopic (exact) mass is 421 g/mol. The summed E-state index contributed by atoms with van der Waals surface area (Å²) in [4.78, 5) is 14.9. The number of para-hydroxylation sites is 1. The molecule has 1 aliphatic heterocycles. The van der Waals surface area contributed by atoms with Gasteiger partial charge in [0.05, 0.1) is 5.25 Å². The highest BCUT2D eigenvalue weighted by Gasteiger charge is 2.29. The zero-order valence-corrected chi connectivity index (χ0v) is 18.6. The molecule has 0 saturated carbocycles. The molecule has 3 aromatic rings. The summed E-state index contributed by atoms with van der Waals surface area (Å²) in [5.41, 5.74) is 4.45. The molecule has 1 amide bonds. The smallest absolute Gasteiger partial charge is 0.240 e. The van der Waals surface area contributed by atoms with E-state index in [2.05, 4.69) is 49.2 Å². The number of hydrogen-bond acceptors (Lipinski definition) is 5. The molecule has 0 fully saturated rings. The molecule has 2 aromatic carbocycles. The van der Waals surface area contributed by atoms with E-state index in [1.165, 1.54) is 27.6 Å². The van der Waals surface area contributed by atoms with Crippen molar-refractivity contribution in [2.75, 3.05) is 17.3 Å². The van der Waals surface area contributed by atoms with Crippen molar-refractivity contribution in [1.29, 1.82) is 0 Å². The first-order valence-electron chi connectivity index (χ1n) is 10.1. The number of aromatic nitrogens is 3. The van der Waals surface area contributed by atoms with Crippen molar-refractivity contribution >= 4 is 23.4 Å². The average Bonchev–Trinajstić information content (AvgIpc) is 3.31. The molecule has 4 rings (SSSR count). The Balaban J connectivity index is 1.50. The van der Waals surface area contributed by atoms with E-state index in [0.29, 0.717) is 17.5 Å². The fourth-order valence-corrected chi connectivity index (χ4v) is 4.50. The SMILES string of the molecule is CC(Sc1nnc(-c2ccc(C(C)(C)C)cc2)n1N)C(=O)N1CCc2ccccc21. The maximum atomic E-state index is 13.0. The molecule has 30 heavy (non-hydrogen) atoms. The normalized spacial score (nSPS) is 14.6. The average molecular weight is 422 g/mol. The molecule has 1 aliphatic rings. The molecule has 156 valence electrons. The van der Waals surface area contributed by atoms with Gasteiger partial charge in [-0.25, -0.2) is 4.68 Å². The number of fused-ring (bicyclic) bond motifs is 1. The van der Waals surface area contributed by atoms with Crippen LogP contribution in [0.2, 0.25) is 0 Å². The van der Waals surface area contributed by atoms with Gasteiger partial charge in [0.2, 0.25) is 11.1 Å². The highest BCUT2D eigenvalue weighted by atomic mass is 32.2. The van der Waals surface area contributed by atoms with Crippen LogP contribution >= 0.6 is 11.8 Å². The Morgan fingerprint density at radius 2 is 1.80 bits per heavy atom. The minimum Gasteiger partial charge on any atom is -0.335 e. The largest absolute Gasteiger partial charge is 0.335 e. The minimum atomic E-state index is -0.321. The summed E-state index contributed by atoms with van der Waals surface area (Å²) >= 11 is 1.34. The fraction of sp³-hybridized carbons (Fsp3) is 0.348. The molecule has 0 radical (unpaired) electrons. The Bertz CT molecular complexity index is 1070. The van der Waals surface area contributed by atoms with E-state index in [-0.39, 0.29) is 16.6 Å². The Hall–Kier alpha value is -2.80. The van der Waals surface area contributed by atoms with Crippen LogP contribution in [0.3, 0.4) is 0 Å². The number of carbonyl (C=O) groups excluding carboxylic acids is 1. The Kier molecular flexibility index (Phi) is 5.32. The van der Waals surface area contributed by atoms with E-state index >= 15 is 0 Å². The summed E-state index contributed by atoms with van der Waals surface area (Å²) in [7, 11) is 0. The number of hydrogen-bond donors (Lipinski definition) is 1. The zero-order chi connectivity index (χ0) is 21.5. The Morgan fingerprint density at radius 1 is 1.10 bits per heavy atom. The van der Waals surface area contributed by atoms with Crippen molar-refractivity contribution in [2.45, 2.75) is 49.9 Å². The van der Waals surface area contributed by atoms with Crippen LogP contribution in [0.1, 0.15) is 38.8 Å². The Labute approximate surface area is 181 Å². The molecule has 0 bridgehead atoms. The van der Waals surface area contributed by atoms with Gasteiger partial charge in [0.15, 0.2) is 5.82 Å². The third kappa shape index (κ3) is 3.81. The van der Waals surface area contributed by atoms with E-state index in [0.717, 1.165) is 17.7 Å². The van der Waals surface area contributed by atoms with Gasteiger partial charge >= 0.3 is 0 Å². The zero-order valence-electron chi connectivity index (χ0n) is 17.8. The minimum absolute atomic E-state index is 0.0593. The summed E-state index contributed by atoms with van der Waals surface area (Å²) in [6.45, 7) is 9.14. The van der Waals surface area contributed by atoms with Crippen molar-refractivity contribution in [3.63, 3.8) is 0 Å². The highest BCUT2D eigenvalue weighted by Crippen LogP contribution is 2.32. The molecule has 0 aliphatic carbocycles.